The van der Waals surface area contributed by atoms with Crippen LogP contribution in [0.2, 0.25) is 0 Å². The Bertz CT molecular complexity index is 543. The lowest BCUT2D eigenvalue weighted by Crippen LogP contribution is -2.41. The fourth-order valence-electron chi connectivity index (χ4n) is 1.98. The molecular weight excluding hydrogens is 387 g/mol. The fourth-order valence-corrected chi connectivity index (χ4v) is 3.30. The molecule has 0 aliphatic rings. The summed E-state index contributed by atoms with van der Waals surface area (Å²) in [6, 6.07) is 0. The standard InChI is InChI=1S/3C6H10O3.Al/c3*1-3-5(7)4(2)6(8)9;/h3*4H,3H2,1-2H3,(H,8,9);/q;;;+3/p-3. The molecule has 0 saturated heterocycles. The van der Waals surface area contributed by atoms with Crippen molar-refractivity contribution in [2.24, 2.45) is 17.8 Å². The molecule has 0 N–H and O–H groups in total. The molecule has 0 rings (SSSR count). The Kier molecular flexibility index (Phi) is 11.5. The van der Waals surface area contributed by atoms with E-state index in [1.165, 1.54) is 20.8 Å². The highest BCUT2D eigenvalue weighted by Gasteiger charge is 2.51. The summed E-state index contributed by atoms with van der Waals surface area (Å²) < 4.78 is 14.9. The Morgan fingerprint density at radius 2 is 0.786 bits per heavy atom. The number of hydrogen-bond acceptors (Lipinski definition) is 9. The third-order valence-electron chi connectivity index (χ3n) is 4.19. The predicted octanol–water partition coefficient (Wildman–Crippen LogP) is 1.45. The first-order valence-electron chi connectivity index (χ1n) is 9.19. The zero-order chi connectivity index (χ0) is 22.0. The maximum Gasteiger partial charge on any atom is 1.20 e. The monoisotopic (exact) mass is 414 g/mol. The smallest absolute Gasteiger partial charge is 0.550 e. The zero-order valence-electron chi connectivity index (χ0n) is 17.1. The molecular formula is C18H27AlO9. The van der Waals surface area contributed by atoms with Crippen molar-refractivity contribution < 1.29 is 40.1 Å². The minimum atomic E-state index is -3.74. The van der Waals surface area contributed by atoms with Crippen LogP contribution in [0, 0.1) is 17.8 Å². The molecule has 0 radical (unpaired) electrons. The van der Waals surface area contributed by atoms with E-state index in [1.54, 1.807) is 20.8 Å². The first kappa shape index (κ1) is 26.0. The van der Waals surface area contributed by atoms with Crippen LogP contribution in [-0.2, 0) is 40.1 Å². The van der Waals surface area contributed by atoms with Crippen molar-refractivity contribution in [1.29, 1.82) is 0 Å². The van der Waals surface area contributed by atoms with E-state index < -0.39 is 68.2 Å². The topological polar surface area (TPSA) is 130 Å². The maximum atomic E-state index is 12.1. The Balaban J connectivity index is 5.36. The highest BCUT2D eigenvalue weighted by molar-refractivity contribution is 6.45. The minimum absolute atomic E-state index is 0.0894. The summed E-state index contributed by atoms with van der Waals surface area (Å²) in [6.45, 7) is 8.65. The van der Waals surface area contributed by atoms with Crippen LogP contribution in [0.5, 0.6) is 0 Å². The molecule has 0 heterocycles. The minimum Gasteiger partial charge on any atom is -0.550 e. The molecule has 0 amide bonds. The molecule has 0 bridgehead atoms. The second-order valence-electron chi connectivity index (χ2n) is 6.22. The molecule has 3 atom stereocenters. The van der Waals surface area contributed by atoms with Crippen molar-refractivity contribution in [3.05, 3.63) is 0 Å². The summed E-state index contributed by atoms with van der Waals surface area (Å²) in [6.07, 6.45) is 0.268. The Labute approximate surface area is 169 Å². The van der Waals surface area contributed by atoms with Gasteiger partial charge in [-0.15, -0.1) is 0 Å². The van der Waals surface area contributed by atoms with Gasteiger partial charge in [-0.2, -0.15) is 0 Å². The fraction of sp³-hybridized carbons (Fsp3) is 0.667. The molecule has 9 nitrogen and oxygen atoms in total. The summed E-state index contributed by atoms with van der Waals surface area (Å²) >= 11 is -3.74. The molecule has 0 aromatic rings. The van der Waals surface area contributed by atoms with Gasteiger partial charge in [-0.25, -0.2) is 0 Å². The van der Waals surface area contributed by atoms with Crippen molar-refractivity contribution in [1.82, 2.24) is 0 Å². The zero-order valence-corrected chi connectivity index (χ0v) is 18.3. The molecule has 0 fully saturated rings. The third-order valence-corrected chi connectivity index (χ3v) is 5.47. The Hall–Kier alpha value is -2.05. The largest absolute Gasteiger partial charge is 1.20 e. The van der Waals surface area contributed by atoms with Crippen LogP contribution >= 0.6 is 0 Å². The van der Waals surface area contributed by atoms with Crippen LogP contribution in [-0.4, -0.2) is 50.4 Å². The molecule has 3 unspecified atom stereocenters. The first-order chi connectivity index (χ1) is 13.0. The highest BCUT2D eigenvalue weighted by atomic mass is 27.3. The number of carbonyl (C=O) groups is 6. The van der Waals surface area contributed by atoms with E-state index in [4.69, 9.17) is 11.4 Å². The molecule has 28 heavy (non-hydrogen) atoms. The van der Waals surface area contributed by atoms with Gasteiger partial charge in [0.25, 0.3) is 17.9 Å². The molecule has 0 aliphatic heterocycles. The van der Waals surface area contributed by atoms with E-state index in [0.29, 0.717) is 0 Å². The number of Topliss-reactive ketones (excluding diaryl/α,β-unsaturated/α-hetero) is 3. The lowest BCUT2D eigenvalue weighted by Gasteiger charge is -2.18. The van der Waals surface area contributed by atoms with E-state index in [9.17, 15) is 28.8 Å². The average Bonchev–Trinajstić information content (AvgIpc) is 2.69. The van der Waals surface area contributed by atoms with Crippen LogP contribution in [0.15, 0.2) is 0 Å². The molecule has 156 valence electrons. The first-order valence-corrected chi connectivity index (χ1v) is 10.6. The van der Waals surface area contributed by atoms with Crippen LogP contribution < -0.4 is 0 Å². The van der Waals surface area contributed by atoms with Gasteiger partial charge in [0, 0.05) is 19.3 Å². The third kappa shape index (κ3) is 7.91. The Morgan fingerprint density at radius 1 is 0.571 bits per heavy atom. The van der Waals surface area contributed by atoms with Gasteiger partial charge in [-0.1, -0.05) is 20.8 Å². The van der Waals surface area contributed by atoms with Crippen LogP contribution in [0.25, 0.3) is 0 Å². The number of carbonyl (C=O) groups excluding carboxylic acids is 6. The molecule has 0 spiro atoms. The summed E-state index contributed by atoms with van der Waals surface area (Å²) in [5.41, 5.74) is 0. The van der Waals surface area contributed by atoms with Crippen molar-refractivity contribution >= 4 is 50.4 Å². The lowest BCUT2D eigenvalue weighted by molar-refractivity contribution is -0.153. The predicted molar refractivity (Wildman–Crippen MR) is 97.4 cm³/mol. The van der Waals surface area contributed by atoms with Gasteiger partial charge in [0.05, 0.1) is 0 Å². The Morgan fingerprint density at radius 3 is 0.964 bits per heavy atom. The van der Waals surface area contributed by atoms with Crippen molar-refractivity contribution in [3.63, 3.8) is 0 Å². The quantitative estimate of drug-likeness (QED) is 0.344. The van der Waals surface area contributed by atoms with Crippen LogP contribution in [0.1, 0.15) is 60.8 Å². The number of rotatable bonds is 12. The summed E-state index contributed by atoms with van der Waals surface area (Å²) in [5, 5.41) is 0. The van der Waals surface area contributed by atoms with Gasteiger partial charge < -0.3 is 11.4 Å². The highest BCUT2D eigenvalue weighted by Crippen LogP contribution is 2.12. The molecule has 0 aromatic heterocycles. The maximum absolute atomic E-state index is 12.1. The molecule has 10 heteroatoms. The second-order valence-corrected chi connectivity index (χ2v) is 7.51. The number of hydrogen-bond donors (Lipinski definition) is 0. The summed E-state index contributed by atoms with van der Waals surface area (Å²) in [7, 11) is 0. The average molecular weight is 414 g/mol. The van der Waals surface area contributed by atoms with Gasteiger partial charge in [-0.3, -0.25) is 28.8 Å². The lowest BCUT2D eigenvalue weighted by atomic mass is 10.1. The van der Waals surface area contributed by atoms with E-state index in [-0.39, 0.29) is 19.3 Å². The van der Waals surface area contributed by atoms with Gasteiger partial charge in [0.1, 0.15) is 35.1 Å². The normalized spacial score (nSPS) is 13.5. The summed E-state index contributed by atoms with van der Waals surface area (Å²) in [4.78, 5) is 71.3. The molecule has 0 aromatic carbocycles. The van der Waals surface area contributed by atoms with Gasteiger partial charge in [0.15, 0.2) is 0 Å². The second kappa shape index (κ2) is 12.4. The van der Waals surface area contributed by atoms with E-state index in [0.717, 1.165) is 0 Å². The van der Waals surface area contributed by atoms with Crippen LogP contribution in [0.3, 0.4) is 0 Å². The van der Waals surface area contributed by atoms with Crippen molar-refractivity contribution in [3.8, 4) is 0 Å². The molecule has 0 aliphatic carbocycles. The summed E-state index contributed by atoms with van der Waals surface area (Å²) in [5.74, 6) is -7.64. The van der Waals surface area contributed by atoms with Crippen molar-refractivity contribution in [2.45, 2.75) is 60.8 Å². The van der Waals surface area contributed by atoms with Gasteiger partial charge >= 0.3 is 15.1 Å². The van der Waals surface area contributed by atoms with E-state index in [1.807, 2.05) is 0 Å². The van der Waals surface area contributed by atoms with E-state index >= 15 is 0 Å². The number of ketones is 3. The van der Waals surface area contributed by atoms with Gasteiger partial charge in [-0.05, 0) is 20.8 Å². The van der Waals surface area contributed by atoms with Crippen LogP contribution in [0.4, 0.5) is 0 Å². The van der Waals surface area contributed by atoms with E-state index in [2.05, 4.69) is 0 Å². The SMILES string of the molecule is CCC(=O)C(C)C(=O)[O][Al]([O]C(=O)C(C)C(=O)CC)[O]C(=O)C(C)C(=O)CC. The molecule has 0 saturated carbocycles. The van der Waals surface area contributed by atoms with Gasteiger partial charge in [0.2, 0.25) is 0 Å². The van der Waals surface area contributed by atoms with Crippen molar-refractivity contribution in [2.75, 3.05) is 0 Å².